The standard InChI is InChI=1S/C21H24N4O2S/c1-27-18-7-3-2-6-17(18)25-11-9-24(10-12-25)14-20(26)23-21-16(13-22)15-5-4-8-19(15)28-21/h2-3,6-7H,4-5,8-12,14H2,1H3,(H,23,26)/p+1. The molecule has 7 heteroatoms. The zero-order valence-corrected chi connectivity index (χ0v) is 16.9. The minimum Gasteiger partial charge on any atom is -0.495 e. The van der Waals surface area contributed by atoms with E-state index in [2.05, 4.69) is 22.4 Å². The van der Waals surface area contributed by atoms with Crippen LogP contribution >= 0.6 is 11.3 Å². The van der Waals surface area contributed by atoms with Gasteiger partial charge in [0.05, 0.1) is 44.5 Å². The van der Waals surface area contributed by atoms with Crippen molar-refractivity contribution >= 4 is 27.9 Å². The summed E-state index contributed by atoms with van der Waals surface area (Å²) in [4.78, 5) is 17.4. The monoisotopic (exact) mass is 397 g/mol. The zero-order valence-electron chi connectivity index (χ0n) is 16.1. The van der Waals surface area contributed by atoms with Crippen LogP contribution in [0.5, 0.6) is 5.75 Å². The Morgan fingerprint density at radius 3 is 2.86 bits per heavy atom. The lowest BCUT2D eigenvalue weighted by atomic mass is 10.1. The molecule has 0 atom stereocenters. The lowest BCUT2D eigenvalue weighted by Gasteiger charge is -2.33. The number of hydrogen-bond donors (Lipinski definition) is 2. The predicted molar refractivity (Wildman–Crippen MR) is 110 cm³/mol. The van der Waals surface area contributed by atoms with Crippen LogP contribution in [0.1, 0.15) is 22.4 Å². The Balaban J connectivity index is 1.33. The van der Waals surface area contributed by atoms with E-state index in [1.807, 2.05) is 18.2 Å². The van der Waals surface area contributed by atoms with Crippen LogP contribution in [0.3, 0.4) is 0 Å². The van der Waals surface area contributed by atoms with E-state index in [0.29, 0.717) is 12.1 Å². The third-order valence-corrected chi connectivity index (χ3v) is 6.80. The number of carbonyl (C=O) groups is 1. The number of fused-ring (bicyclic) bond motifs is 1. The molecule has 1 aromatic heterocycles. The quantitative estimate of drug-likeness (QED) is 0.802. The Morgan fingerprint density at radius 1 is 1.32 bits per heavy atom. The molecule has 0 spiro atoms. The van der Waals surface area contributed by atoms with Gasteiger partial charge in [-0.3, -0.25) is 4.79 Å². The number of anilines is 2. The van der Waals surface area contributed by atoms with E-state index in [1.165, 1.54) is 9.78 Å². The van der Waals surface area contributed by atoms with Crippen LogP contribution in [-0.2, 0) is 17.6 Å². The van der Waals surface area contributed by atoms with Crippen LogP contribution < -0.4 is 19.9 Å². The lowest BCUT2D eigenvalue weighted by molar-refractivity contribution is -0.892. The Labute approximate surface area is 169 Å². The first-order valence-electron chi connectivity index (χ1n) is 9.75. The smallest absolute Gasteiger partial charge is 0.280 e. The average Bonchev–Trinajstić information content (AvgIpc) is 3.29. The second-order valence-corrected chi connectivity index (χ2v) is 8.41. The van der Waals surface area contributed by atoms with Crippen molar-refractivity contribution in [2.24, 2.45) is 0 Å². The number of ether oxygens (including phenoxy) is 1. The SMILES string of the molecule is COc1ccccc1N1CC[NH+](CC(=O)Nc2sc3c(c2C#N)CCC3)CC1. The molecule has 6 nitrogen and oxygen atoms in total. The van der Waals surface area contributed by atoms with Crippen molar-refractivity contribution in [2.45, 2.75) is 19.3 Å². The maximum absolute atomic E-state index is 12.6. The average molecular weight is 398 g/mol. The second kappa shape index (κ2) is 8.21. The van der Waals surface area contributed by atoms with Crippen molar-refractivity contribution in [2.75, 3.05) is 50.1 Å². The lowest BCUT2D eigenvalue weighted by Crippen LogP contribution is -3.15. The van der Waals surface area contributed by atoms with E-state index in [-0.39, 0.29) is 5.91 Å². The fourth-order valence-electron chi connectivity index (χ4n) is 4.14. The third kappa shape index (κ3) is 3.71. The molecular formula is C21H25N4O2S+. The highest BCUT2D eigenvalue weighted by Gasteiger charge is 2.26. The fraction of sp³-hybridized carbons (Fsp3) is 0.429. The van der Waals surface area contributed by atoms with Gasteiger partial charge >= 0.3 is 0 Å². The van der Waals surface area contributed by atoms with E-state index in [4.69, 9.17) is 4.74 Å². The summed E-state index contributed by atoms with van der Waals surface area (Å²) in [5, 5.41) is 13.2. The van der Waals surface area contributed by atoms with Crippen LogP contribution in [0.2, 0.25) is 0 Å². The maximum atomic E-state index is 12.6. The molecule has 0 saturated carbocycles. The van der Waals surface area contributed by atoms with Crippen LogP contribution in [0, 0.1) is 11.3 Å². The summed E-state index contributed by atoms with van der Waals surface area (Å²) in [6.45, 7) is 4.02. The second-order valence-electron chi connectivity index (χ2n) is 7.31. The molecule has 2 aliphatic rings. The first kappa shape index (κ1) is 18.8. The van der Waals surface area contributed by atoms with Gasteiger partial charge in [-0.25, -0.2) is 0 Å². The number of benzene rings is 1. The van der Waals surface area contributed by atoms with Crippen molar-refractivity contribution in [3.63, 3.8) is 0 Å². The van der Waals surface area contributed by atoms with E-state index in [0.717, 1.165) is 67.4 Å². The molecule has 2 aromatic rings. The number of thiophene rings is 1. The van der Waals surface area contributed by atoms with Crippen molar-refractivity contribution in [3.05, 3.63) is 40.3 Å². The molecule has 1 aromatic carbocycles. The number of carbonyl (C=O) groups excluding carboxylic acids is 1. The van der Waals surface area contributed by atoms with E-state index < -0.39 is 0 Å². The van der Waals surface area contributed by atoms with Gasteiger partial charge in [-0.2, -0.15) is 5.26 Å². The number of methoxy groups -OCH3 is 1. The molecule has 146 valence electrons. The summed E-state index contributed by atoms with van der Waals surface area (Å²) in [5.41, 5.74) is 2.95. The zero-order chi connectivity index (χ0) is 19.5. The van der Waals surface area contributed by atoms with Gasteiger partial charge in [0, 0.05) is 4.88 Å². The first-order valence-corrected chi connectivity index (χ1v) is 10.6. The van der Waals surface area contributed by atoms with Crippen molar-refractivity contribution in [1.82, 2.24) is 0 Å². The van der Waals surface area contributed by atoms with Gasteiger partial charge in [0.15, 0.2) is 6.54 Å². The van der Waals surface area contributed by atoms with Crippen molar-refractivity contribution in [1.29, 1.82) is 5.26 Å². The number of para-hydroxylation sites is 2. The summed E-state index contributed by atoms with van der Waals surface area (Å²) in [7, 11) is 1.70. The molecule has 1 aliphatic carbocycles. The maximum Gasteiger partial charge on any atom is 0.280 e. The van der Waals surface area contributed by atoms with E-state index in [9.17, 15) is 10.1 Å². The molecule has 28 heavy (non-hydrogen) atoms. The minimum atomic E-state index is -0.00262. The molecule has 1 saturated heterocycles. The van der Waals surface area contributed by atoms with Gasteiger partial charge in [-0.1, -0.05) is 12.1 Å². The van der Waals surface area contributed by atoms with Crippen LogP contribution in [-0.4, -0.2) is 45.7 Å². The molecule has 2 N–H and O–H groups in total. The molecular weight excluding hydrogens is 372 g/mol. The van der Waals surface area contributed by atoms with Gasteiger partial charge < -0.3 is 19.9 Å². The number of nitrogens with zero attached hydrogens (tertiary/aromatic N) is 2. The highest BCUT2D eigenvalue weighted by Crippen LogP contribution is 2.38. The number of aryl methyl sites for hydroxylation is 1. The van der Waals surface area contributed by atoms with Crippen LogP contribution in [0.15, 0.2) is 24.3 Å². The van der Waals surface area contributed by atoms with Crippen LogP contribution in [0.4, 0.5) is 10.7 Å². The molecule has 1 fully saturated rings. The summed E-state index contributed by atoms with van der Waals surface area (Å²) < 4.78 is 5.47. The Hall–Kier alpha value is -2.56. The topological polar surface area (TPSA) is 69.8 Å². The van der Waals surface area contributed by atoms with Gasteiger partial charge in [-0.15, -0.1) is 11.3 Å². The number of rotatable bonds is 5. The van der Waals surface area contributed by atoms with Gasteiger partial charge in [0.2, 0.25) is 0 Å². The van der Waals surface area contributed by atoms with Crippen LogP contribution in [0.25, 0.3) is 0 Å². The Kier molecular flexibility index (Phi) is 5.51. The van der Waals surface area contributed by atoms with Gasteiger partial charge in [-0.05, 0) is 37.0 Å². The molecule has 4 rings (SSSR count). The van der Waals surface area contributed by atoms with E-state index in [1.54, 1.807) is 18.4 Å². The van der Waals surface area contributed by atoms with Gasteiger partial charge in [0.25, 0.3) is 5.91 Å². The molecule has 0 unspecified atom stereocenters. The molecule has 1 aliphatic heterocycles. The number of nitrogens with one attached hydrogen (secondary N) is 2. The molecule has 0 radical (unpaired) electrons. The number of piperazine rings is 1. The highest BCUT2D eigenvalue weighted by molar-refractivity contribution is 7.16. The molecule has 1 amide bonds. The summed E-state index contributed by atoms with van der Waals surface area (Å²) in [6.07, 6.45) is 3.10. The summed E-state index contributed by atoms with van der Waals surface area (Å²) in [6, 6.07) is 10.3. The Bertz CT molecular complexity index is 910. The predicted octanol–water partition coefficient (Wildman–Crippen LogP) is 1.46. The number of nitriles is 1. The third-order valence-electron chi connectivity index (χ3n) is 5.59. The fourth-order valence-corrected chi connectivity index (χ4v) is 5.40. The first-order chi connectivity index (χ1) is 13.7. The number of hydrogen-bond acceptors (Lipinski definition) is 5. The number of amides is 1. The summed E-state index contributed by atoms with van der Waals surface area (Å²) >= 11 is 1.58. The van der Waals surface area contributed by atoms with Gasteiger partial charge in [0.1, 0.15) is 16.8 Å². The highest BCUT2D eigenvalue weighted by atomic mass is 32.1. The normalized spacial score (nSPS) is 16.5. The molecule has 2 heterocycles. The van der Waals surface area contributed by atoms with Crippen molar-refractivity contribution in [3.8, 4) is 11.8 Å². The van der Waals surface area contributed by atoms with E-state index >= 15 is 0 Å². The Morgan fingerprint density at radius 2 is 2.11 bits per heavy atom. The number of quaternary nitrogens is 1. The molecule has 0 bridgehead atoms. The van der Waals surface area contributed by atoms with Crippen molar-refractivity contribution < 1.29 is 14.4 Å². The largest absolute Gasteiger partial charge is 0.495 e. The summed E-state index contributed by atoms with van der Waals surface area (Å²) in [5.74, 6) is 0.885. The minimum absolute atomic E-state index is 0.00262.